The van der Waals surface area contributed by atoms with E-state index < -0.39 is 20.2 Å². The van der Waals surface area contributed by atoms with E-state index in [1.807, 2.05) is 24.3 Å². The van der Waals surface area contributed by atoms with Gasteiger partial charge >= 0.3 is 37.7 Å². The maximum atomic E-state index is 11.9. The van der Waals surface area contributed by atoms with Gasteiger partial charge in [-0.05, 0) is 107 Å². The van der Waals surface area contributed by atoms with Crippen LogP contribution in [-0.2, 0) is 45.9 Å². The molecule has 408 valence electrons. The van der Waals surface area contributed by atoms with Gasteiger partial charge in [-0.25, -0.2) is 16.8 Å². The number of hydrogen-bond acceptors (Lipinski definition) is 6. The van der Waals surface area contributed by atoms with Gasteiger partial charge in [0.25, 0.3) is 0 Å². The number of aryl methyl sites for hydroxylation is 4. The Balaban J connectivity index is 0.000000493. The number of fused-ring (bicyclic) bond motifs is 2. The molecule has 73 heavy (non-hydrogen) atoms. The molecule has 0 saturated heterocycles. The van der Waals surface area contributed by atoms with Gasteiger partial charge in [0, 0.05) is 0 Å². The van der Waals surface area contributed by atoms with Gasteiger partial charge in [0.1, 0.15) is 20.2 Å². The van der Waals surface area contributed by atoms with Crippen LogP contribution in [0.5, 0.6) is 0 Å². The average molecular weight is 1070 g/mol. The third-order valence-corrected chi connectivity index (χ3v) is 16.9. The zero-order valence-corrected chi connectivity index (χ0v) is 50.9. The van der Waals surface area contributed by atoms with Crippen molar-refractivity contribution < 1.29 is 25.9 Å². The van der Waals surface area contributed by atoms with Crippen LogP contribution in [0, 0.1) is 0 Å². The predicted octanol–water partition coefficient (Wildman–Crippen LogP) is 19.4. The van der Waals surface area contributed by atoms with E-state index in [1.54, 1.807) is 12.1 Å². The molecule has 4 aromatic rings. The van der Waals surface area contributed by atoms with Crippen molar-refractivity contribution in [2.75, 3.05) is 0 Å². The van der Waals surface area contributed by atoms with Gasteiger partial charge in [0.15, 0.2) is 0 Å². The van der Waals surface area contributed by atoms with Crippen LogP contribution in [0.2, 0.25) is 0 Å². The largest absolute Gasteiger partial charge is 2.00 e. The van der Waals surface area contributed by atoms with E-state index in [-0.39, 0.29) is 47.5 Å². The minimum atomic E-state index is -4.49. The van der Waals surface area contributed by atoms with Gasteiger partial charge in [-0.15, -0.1) is 0 Å². The van der Waals surface area contributed by atoms with E-state index in [0.29, 0.717) is 10.8 Å². The quantitative estimate of drug-likeness (QED) is 0.0248. The fourth-order valence-electron chi connectivity index (χ4n) is 10.8. The number of unbranched alkanes of at least 4 members (excludes halogenated alkanes) is 32. The maximum absolute atomic E-state index is 11.9. The van der Waals surface area contributed by atoms with Gasteiger partial charge in [-0.3, -0.25) is 0 Å². The fraction of sp³-hybridized carbons (Fsp3) is 0.688. The van der Waals surface area contributed by atoms with Crippen LogP contribution in [0.3, 0.4) is 0 Å². The summed E-state index contributed by atoms with van der Waals surface area (Å²) < 4.78 is 71.2. The Morgan fingerprint density at radius 3 is 0.767 bits per heavy atom. The SMILES string of the molecule is CCCCCCCCCCCc1ccc2c(S(=O)(=O)[O-])cccc2c1CCCCCCCCCCC.CCCCCCCCCCCc1ccc2c(S(=O)(=O)[O-])cccc2c1CCCCCCCCCCC.[Ca+2]. The minimum absolute atomic E-state index is 0. The summed E-state index contributed by atoms with van der Waals surface area (Å²) in [4.78, 5) is -0.161. The molecule has 0 saturated carbocycles. The molecule has 0 amide bonds. The zero-order valence-electron chi connectivity index (χ0n) is 47.0. The molecule has 0 bridgehead atoms. The molecule has 9 heteroatoms. The van der Waals surface area contributed by atoms with Crippen LogP contribution in [0.15, 0.2) is 70.5 Å². The summed E-state index contributed by atoms with van der Waals surface area (Å²) in [5, 5.41) is 3.10. The van der Waals surface area contributed by atoms with E-state index in [2.05, 4.69) is 39.8 Å². The molecule has 0 unspecified atom stereocenters. The molecule has 0 fully saturated rings. The average Bonchev–Trinajstić information content (AvgIpc) is 3.36. The maximum Gasteiger partial charge on any atom is 2.00 e. The van der Waals surface area contributed by atoms with E-state index in [4.69, 9.17) is 0 Å². The van der Waals surface area contributed by atoms with Crippen LogP contribution in [0.1, 0.15) is 281 Å². The molecule has 0 aromatic heterocycles. The third-order valence-electron chi connectivity index (χ3n) is 15.2. The van der Waals surface area contributed by atoms with Crippen LogP contribution < -0.4 is 0 Å². The molecule has 0 spiro atoms. The first-order chi connectivity index (χ1) is 35.0. The van der Waals surface area contributed by atoms with E-state index in [9.17, 15) is 25.9 Å². The first-order valence-corrected chi connectivity index (χ1v) is 32.8. The molecule has 4 rings (SSSR count). The molecule has 0 N–H and O–H groups in total. The first kappa shape index (κ1) is 67.6. The van der Waals surface area contributed by atoms with Crippen molar-refractivity contribution in [3.63, 3.8) is 0 Å². The van der Waals surface area contributed by atoms with Crippen molar-refractivity contribution >= 4 is 79.5 Å². The van der Waals surface area contributed by atoms with Crippen LogP contribution in [0.25, 0.3) is 21.5 Å². The first-order valence-electron chi connectivity index (χ1n) is 30.0. The van der Waals surface area contributed by atoms with E-state index in [0.717, 1.165) is 49.3 Å². The second-order valence-electron chi connectivity index (χ2n) is 21.3. The molecular formula is C64H102CaO6S2. The van der Waals surface area contributed by atoms with E-state index >= 15 is 0 Å². The summed E-state index contributed by atoms with van der Waals surface area (Å²) in [5.41, 5.74) is 5.21. The van der Waals surface area contributed by atoms with Gasteiger partial charge in [0.05, 0.1) is 9.79 Å². The van der Waals surface area contributed by atoms with Crippen LogP contribution >= 0.6 is 0 Å². The molecule has 0 aliphatic heterocycles. The second kappa shape index (κ2) is 41.6. The molecule has 0 heterocycles. The van der Waals surface area contributed by atoms with Gasteiger partial charge < -0.3 is 9.11 Å². The van der Waals surface area contributed by atoms with Crippen molar-refractivity contribution in [2.24, 2.45) is 0 Å². The van der Waals surface area contributed by atoms with E-state index in [1.165, 1.54) is 253 Å². The van der Waals surface area contributed by atoms with Crippen molar-refractivity contribution in [1.29, 1.82) is 0 Å². The molecule has 0 radical (unpaired) electrons. The normalized spacial score (nSPS) is 11.8. The molecule has 0 atom stereocenters. The van der Waals surface area contributed by atoms with Crippen molar-refractivity contribution in [1.82, 2.24) is 0 Å². The summed E-state index contributed by atoms with van der Waals surface area (Å²) in [6, 6.07) is 18.3. The van der Waals surface area contributed by atoms with Crippen molar-refractivity contribution in [3.05, 3.63) is 82.9 Å². The predicted molar refractivity (Wildman–Crippen MR) is 313 cm³/mol. The topological polar surface area (TPSA) is 114 Å². The molecule has 0 aliphatic carbocycles. The Kier molecular flexibility index (Phi) is 38.5. The van der Waals surface area contributed by atoms with Crippen molar-refractivity contribution in [2.45, 2.75) is 294 Å². The Labute approximate surface area is 478 Å². The summed E-state index contributed by atoms with van der Waals surface area (Å²) in [6.07, 6.45) is 50.8. The summed E-state index contributed by atoms with van der Waals surface area (Å²) in [7, 11) is -8.97. The Hall–Kier alpha value is -1.52. The fourth-order valence-corrected chi connectivity index (χ4v) is 12.2. The minimum Gasteiger partial charge on any atom is -0.744 e. The standard InChI is InChI=1S/2C32H52O3S.Ca/c2*1-3-5-7-9-11-13-15-17-19-22-28-26-27-31-30(24-21-25-32(31)36(33,34)35)29(28)23-20-18-16-14-12-10-8-6-4-2;/h2*21,24-27H,3-20,22-23H2,1-2H3,(H,33,34,35);/q;;+2/p-2. The second-order valence-corrected chi connectivity index (χ2v) is 24.0. The van der Waals surface area contributed by atoms with Gasteiger partial charge in [0.2, 0.25) is 0 Å². The molecule has 6 nitrogen and oxygen atoms in total. The van der Waals surface area contributed by atoms with Crippen LogP contribution in [-0.4, -0.2) is 63.7 Å². The van der Waals surface area contributed by atoms with Crippen LogP contribution in [0.4, 0.5) is 0 Å². The number of rotatable bonds is 42. The van der Waals surface area contributed by atoms with Gasteiger partial charge in [-0.1, -0.05) is 282 Å². The van der Waals surface area contributed by atoms with Gasteiger partial charge in [-0.2, -0.15) is 0 Å². The van der Waals surface area contributed by atoms with Crippen molar-refractivity contribution in [3.8, 4) is 0 Å². The Morgan fingerprint density at radius 1 is 0.288 bits per heavy atom. The zero-order chi connectivity index (χ0) is 52.1. The third kappa shape index (κ3) is 28.1. The molecule has 0 aliphatic rings. The Bertz CT molecular complexity index is 2100. The number of benzene rings is 4. The number of hydrogen-bond donors (Lipinski definition) is 0. The summed E-state index contributed by atoms with van der Waals surface area (Å²) >= 11 is 0. The monoisotopic (exact) mass is 1070 g/mol. The Morgan fingerprint density at radius 2 is 0.521 bits per heavy atom. The smallest absolute Gasteiger partial charge is 0.744 e. The molecular weight excluding hydrogens is 969 g/mol. The summed E-state index contributed by atoms with van der Waals surface area (Å²) in [5.74, 6) is 0. The molecule has 4 aromatic carbocycles. The summed E-state index contributed by atoms with van der Waals surface area (Å²) in [6.45, 7) is 9.04.